The van der Waals surface area contributed by atoms with Gasteiger partial charge in [0, 0.05) is 18.8 Å². The fourth-order valence-corrected chi connectivity index (χ4v) is 3.89. The van der Waals surface area contributed by atoms with Crippen LogP contribution in [0.1, 0.15) is 23.2 Å². The number of carbonyl (C=O) groups excluding carboxylic acids is 1. The van der Waals surface area contributed by atoms with E-state index >= 15 is 0 Å². The highest BCUT2D eigenvalue weighted by Crippen LogP contribution is 2.32. The Hall–Kier alpha value is -1.22. The number of hydrogen-bond acceptors (Lipinski definition) is 6. The van der Waals surface area contributed by atoms with Crippen molar-refractivity contribution in [2.45, 2.75) is 24.4 Å². The number of carbonyl (C=O) groups is 1. The van der Waals surface area contributed by atoms with Gasteiger partial charge in [0.1, 0.15) is 5.82 Å². The van der Waals surface area contributed by atoms with E-state index in [0.29, 0.717) is 35.0 Å². The second kappa shape index (κ2) is 6.72. The number of hydrogen-bond donors (Lipinski definition) is 3. The van der Waals surface area contributed by atoms with Crippen LogP contribution in [0.25, 0.3) is 0 Å². The number of aliphatic hydroxyl groups excluding tert-OH is 1. The molecule has 0 bridgehead atoms. The topological polar surface area (TPSA) is 101 Å². The molecule has 23 heavy (non-hydrogen) atoms. The van der Waals surface area contributed by atoms with Crippen molar-refractivity contribution in [1.29, 1.82) is 0 Å². The number of amides is 1. The molecular weight excluding hydrogens is 364 g/mol. The SMILES string of the molecule is NC(=O)c1cnc(NC[C@]2(CO)COC[C@H]3CCCN32)c(Br)c1. The maximum absolute atomic E-state index is 11.2. The molecule has 3 rings (SSSR count). The van der Waals surface area contributed by atoms with E-state index in [4.69, 9.17) is 10.5 Å². The smallest absolute Gasteiger partial charge is 0.250 e. The molecule has 8 heteroatoms. The summed E-state index contributed by atoms with van der Waals surface area (Å²) in [6, 6.07) is 2.02. The van der Waals surface area contributed by atoms with Crippen LogP contribution in [-0.2, 0) is 4.74 Å². The minimum Gasteiger partial charge on any atom is -0.394 e. The van der Waals surface area contributed by atoms with Crippen molar-refractivity contribution in [1.82, 2.24) is 9.88 Å². The fourth-order valence-electron chi connectivity index (χ4n) is 3.40. The lowest BCUT2D eigenvalue weighted by molar-refractivity contribution is -0.101. The van der Waals surface area contributed by atoms with Crippen molar-refractivity contribution >= 4 is 27.7 Å². The van der Waals surface area contributed by atoms with Crippen LogP contribution in [0, 0.1) is 0 Å². The molecule has 2 aliphatic rings. The van der Waals surface area contributed by atoms with Gasteiger partial charge in [-0.1, -0.05) is 0 Å². The lowest BCUT2D eigenvalue weighted by atomic mass is 9.96. The number of nitrogens with two attached hydrogens (primary N) is 1. The zero-order valence-corrected chi connectivity index (χ0v) is 14.4. The van der Waals surface area contributed by atoms with Crippen LogP contribution in [0.3, 0.4) is 0 Å². The van der Waals surface area contributed by atoms with Gasteiger partial charge in [-0.2, -0.15) is 0 Å². The summed E-state index contributed by atoms with van der Waals surface area (Å²) < 4.78 is 6.39. The lowest BCUT2D eigenvalue weighted by Crippen LogP contribution is -2.64. The van der Waals surface area contributed by atoms with Gasteiger partial charge < -0.3 is 20.9 Å². The summed E-state index contributed by atoms with van der Waals surface area (Å²) in [6.07, 6.45) is 3.68. The van der Waals surface area contributed by atoms with Gasteiger partial charge in [0.25, 0.3) is 0 Å². The van der Waals surface area contributed by atoms with E-state index in [1.807, 2.05) is 0 Å². The summed E-state index contributed by atoms with van der Waals surface area (Å²) in [5, 5.41) is 13.3. The van der Waals surface area contributed by atoms with E-state index in [9.17, 15) is 9.90 Å². The molecule has 2 fully saturated rings. The van der Waals surface area contributed by atoms with Crippen molar-refractivity contribution in [3.05, 3.63) is 22.3 Å². The molecule has 4 N–H and O–H groups in total. The molecule has 3 heterocycles. The largest absolute Gasteiger partial charge is 0.394 e. The standard InChI is InChI=1S/C15H21BrN4O3/c16-12-4-10(13(17)22)5-18-14(12)19-7-15(8-21)9-23-6-11-2-1-3-20(11)15/h4-5,11,21H,1-3,6-9H2,(H2,17,22)(H,18,19)/t11-,15+/m1/s1. The van der Waals surface area contributed by atoms with Crippen molar-refractivity contribution in [3.63, 3.8) is 0 Å². The average Bonchev–Trinajstić information content (AvgIpc) is 3.03. The van der Waals surface area contributed by atoms with Gasteiger partial charge in [-0.3, -0.25) is 9.69 Å². The monoisotopic (exact) mass is 384 g/mol. The third kappa shape index (κ3) is 3.21. The van der Waals surface area contributed by atoms with E-state index in [-0.39, 0.29) is 6.61 Å². The highest BCUT2D eigenvalue weighted by molar-refractivity contribution is 9.10. The first-order valence-electron chi connectivity index (χ1n) is 7.70. The maximum Gasteiger partial charge on any atom is 0.250 e. The Labute approximate surface area is 143 Å². The predicted molar refractivity (Wildman–Crippen MR) is 89.3 cm³/mol. The summed E-state index contributed by atoms with van der Waals surface area (Å²) in [5.41, 5.74) is 5.15. The van der Waals surface area contributed by atoms with E-state index in [1.54, 1.807) is 6.07 Å². The number of nitrogens with zero attached hydrogens (tertiary/aromatic N) is 2. The van der Waals surface area contributed by atoms with Gasteiger partial charge in [-0.25, -0.2) is 4.98 Å². The number of pyridine rings is 1. The van der Waals surface area contributed by atoms with Crippen molar-refractivity contribution in [2.75, 3.05) is 38.2 Å². The summed E-state index contributed by atoms with van der Waals surface area (Å²) in [5.74, 6) is 0.0984. The van der Waals surface area contributed by atoms with E-state index in [2.05, 4.69) is 31.1 Å². The molecule has 126 valence electrons. The van der Waals surface area contributed by atoms with Gasteiger partial charge >= 0.3 is 0 Å². The Bertz CT molecular complexity index is 600. The Morgan fingerprint density at radius 2 is 2.48 bits per heavy atom. The van der Waals surface area contributed by atoms with Gasteiger partial charge in [0.2, 0.25) is 5.91 Å². The van der Waals surface area contributed by atoms with Crippen molar-refractivity contribution in [2.24, 2.45) is 5.73 Å². The molecule has 2 saturated heterocycles. The Kier molecular flexibility index (Phi) is 4.86. The summed E-state index contributed by atoms with van der Waals surface area (Å²) in [4.78, 5) is 17.8. The number of morpholine rings is 1. The molecule has 0 spiro atoms. The molecule has 0 unspecified atom stereocenters. The van der Waals surface area contributed by atoms with Crippen LogP contribution >= 0.6 is 15.9 Å². The van der Waals surface area contributed by atoms with Crippen molar-refractivity contribution in [3.8, 4) is 0 Å². The van der Waals surface area contributed by atoms with Crippen molar-refractivity contribution < 1.29 is 14.6 Å². The van der Waals surface area contributed by atoms with Gasteiger partial charge in [0.05, 0.1) is 35.4 Å². The minimum atomic E-state index is -0.517. The van der Waals surface area contributed by atoms with Crippen LogP contribution in [0.15, 0.2) is 16.7 Å². The van der Waals surface area contributed by atoms with Gasteiger partial charge in [-0.05, 0) is 41.4 Å². The first kappa shape index (κ1) is 16.6. The number of primary amides is 1. The van der Waals surface area contributed by atoms with Crippen LogP contribution in [0.2, 0.25) is 0 Å². The third-order valence-corrected chi connectivity index (χ3v) is 5.28. The van der Waals surface area contributed by atoms with Crippen LogP contribution in [0.5, 0.6) is 0 Å². The number of fused-ring (bicyclic) bond motifs is 1. The molecule has 0 aliphatic carbocycles. The second-order valence-electron chi connectivity index (χ2n) is 6.16. The lowest BCUT2D eigenvalue weighted by Gasteiger charge is -2.47. The van der Waals surface area contributed by atoms with Gasteiger partial charge in [0.15, 0.2) is 0 Å². The van der Waals surface area contributed by atoms with Gasteiger partial charge in [-0.15, -0.1) is 0 Å². The predicted octanol–water partition coefficient (Wildman–Crippen LogP) is 0.581. The highest BCUT2D eigenvalue weighted by Gasteiger charge is 2.45. The summed E-state index contributed by atoms with van der Waals surface area (Å²) in [6.45, 7) is 2.74. The van der Waals surface area contributed by atoms with E-state index in [1.165, 1.54) is 6.20 Å². The number of ether oxygens (including phenoxy) is 1. The molecule has 2 atom stereocenters. The van der Waals surface area contributed by atoms with E-state index in [0.717, 1.165) is 26.0 Å². The number of rotatable bonds is 5. The number of nitrogens with one attached hydrogen (secondary N) is 1. The molecule has 0 saturated carbocycles. The molecular formula is C15H21BrN4O3. The molecule has 2 aliphatic heterocycles. The molecule has 1 aromatic heterocycles. The zero-order valence-electron chi connectivity index (χ0n) is 12.8. The molecule has 7 nitrogen and oxygen atoms in total. The van der Waals surface area contributed by atoms with Crippen LogP contribution in [0.4, 0.5) is 5.82 Å². The molecule has 0 radical (unpaired) electrons. The number of halogens is 1. The Balaban J connectivity index is 1.74. The number of aliphatic hydroxyl groups is 1. The minimum absolute atomic E-state index is 0.0213. The summed E-state index contributed by atoms with van der Waals surface area (Å²) in [7, 11) is 0. The zero-order chi connectivity index (χ0) is 16.4. The normalized spacial score (nSPS) is 27.7. The average molecular weight is 385 g/mol. The Morgan fingerprint density at radius 3 is 3.17 bits per heavy atom. The maximum atomic E-state index is 11.2. The Morgan fingerprint density at radius 1 is 1.65 bits per heavy atom. The summed E-state index contributed by atoms with van der Waals surface area (Å²) >= 11 is 3.40. The highest BCUT2D eigenvalue weighted by atomic mass is 79.9. The first-order chi connectivity index (χ1) is 11.1. The van der Waals surface area contributed by atoms with Crippen LogP contribution < -0.4 is 11.1 Å². The van der Waals surface area contributed by atoms with E-state index < -0.39 is 11.4 Å². The quantitative estimate of drug-likeness (QED) is 0.686. The fraction of sp³-hybridized carbons (Fsp3) is 0.600. The molecule has 1 amide bonds. The molecule has 1 aromatic rings. The van der Waals surface area contributed by atoms with Crippen LogP contribution in [-0.4, -0.2) is 65.4 Å². The number of aromatic nitrogens is 1. The third-order valence-electron chi connectivity index (χ3n) is 4.67. The number of anilines is 1. The first-order valence-corrected chi connectivity index (χ1v) is 8.49. The second-order valence-corrected chi connectivity index (χ2v) is 7.01. The molecule has 0 aromatic carbocycles.